The van der Waals surface area contributed by atoms with Gasteiger partial charge in [0.15, 0.2) is 23.2 Å². The molecule has 7 heteroatoms. The van der Waals surface area contributed by atoms with E-state index in [2.05, 4.69) is 20.4 Å². The molecule has 1 N–H and O–H groups in total. The van der Waals surface area contributed by atoms with Crippen molar-refractivity contribution in [1.29, 1.82) is 0 Å². The molecule has 1 aromatic carbocycles. The molecule has 5 nitrogen and oxygen atoms in total. The summed E-state index contributed by atoms with van der Waals surface area (Å²) in [5.41, 5.74) is 0.443. The van der Waals surface area contributed by atoms with Gasteiger partial charge in [-0.3, -0.25) is 0 Å². The van der Waals surface area contributed by atoms with E-state index in [1.807, 2.05) is 0 Å². The van der Waals surface area contributed by atoms with Gasteiger partial charge >= 0.3 is 0 Å². The number of hydrogen-bond donors (Lipinski definition) is 1. The van der Waals surface area contributed by atoms with Gasteiger partial charge in [-0.15, -0.1) is 5.10 Å². The highest BCUT2D eigenvalue weighted by Crippen LogP contribution is 2.23. The molecule has 0 bridgehead atoms. The maximum atomic E-state index is 13.5. The molecule has 2 aromatic rings. The Hall–Kier alpha value is -2.18. The van der Waals surface area contributed by atoms with Crippen molar-refractivity contribution in [2.24, 2.45) is 0 Å². The van der Waals surface area contributed by atoms with Crippen LogP contribution in [0.2, 0.25) is 0 Å². The summed E-state index contributed by atoms with van der Waals surface area (Å²) in [7, 11) is 2.93. The van der Waals surface area contributed by atoms with E-state index in [0.717, 1.165) is 0 Å². The van der Waals surface area contributed by atoms with Crippen molar-refractivity contribution in [2.75, 3.05) is 19.5 Å². The number of aromatic nitrogens is 3. The van der Waals surface area contributed by atoms with Gasteiger partial charge in [-0.1, -0.05) is 5.21 Å². The molecule has 0 unspecified atom stereocenters. The summed E-state index contributed by atoms with van der Waals surface area (Å²) in [5, 5.41) is 10.4. The highest BCUT2D eigenvalue weighted by atomic mass is 19.1. The van der Waals surface area contributed by atoms with E-state index in [9.17, 15) is 8.78 Å². The molecular weight excluding hydrogens is 242 g/mol. The van der Waals surface area contributed by atoms with Gasteiger partial charge in [0.2, 0.25) is 0 Å². The maximum Gasteiger partial charge on any atom is 0.190 e. The minimum Gasteiger partial charge on any atom is -0.491 e. The fraction of sp³-hybridized carbons (Fsp3) is 0.273. The van der Waals surface area contributed by atoms with Crippen molar-refractivity contribution < 1.29 is 13.5 Å². The number of rotatable bonds is 4. The average Bonchev–Trinajstić information content (AvgIpc) is 2.76. The first-order valence-electron chi connectivity index (χ1n) is 5.24. The fourth-order valence-corrected chi connectivity index (χ4v) is 1.58. The zero-order valence-corrected chi connectivity index (χ0v) is 9.94. The molecule has 0 radical (unpaired) electrons. The van der Waals surface area contributed by atoms with Crippen molar-refractivity contribution in [2.45, 2.75) is 6.54 Å². The van der Waals surface area contributed by atoms with Gasteiger partial charge in [-0.05, 0) is 17.7 Å². The fourth-order valence-electron chi connectivity index (χ4n) is 1.58. The minimum atomic E-state index is -0.735. The summed E-state index contributed by atoms with van der Waals surface area (Å²) in [5.74, 6) is -1.26. The number of nitrogens with one attached hydrogen (secondary N) is 1. The average molecular weight is 254 g/mol. The van der Waals surface area contributed by atoms with Crippen molar-refractivity contribution in [1.82, 2.24) is 15.0 Å². The Balaban J connectivity index is 2.24. The Bertz CT molecular complexity index is 533. The van der Waals surface area contributed by atoms with Crippen LogP contribution in [0.3, 0.4) is 0 Å². The highest BCUT2D eigenvalue weighted by molar-refractivity contribution is 5.32. The molecule has 0 saturated heterocycles. The molecule has 1 aromatic heterocycles. The topological polar surface area (TPSA) is 52.0 Å². The first-order chi connectivity index (χ1) is 8.63. The number of halogens is 2. The van der Waals surface area contributed by atoms with Crippen molar-refractivity contribution in [3.63, 3.8) is 0 Å². The number of hydrogen-bond acceptors (Lipinski definition) is 4. The van der Waals surface area contributed by atoms with Crippen LogP contribution in [0.15, 0.2) is 18.3 Å². The van der Waals surface area contributed by atoms with Crippen LogP contribution in [0.5, 0.6) is 5.75 Å². The Kier molecular flexibility index (Phi) is 3.40. The zero-order chi connectivity index (χ0) is 13.1. The molecule has 0 aliphatic carbocycles. The summed E-state index contributed by atoms with van der Waals surface area (Å²) in [6.45, 7) is 0.229. The van der Waals surface area contributed by atoms with Crippen LogP contribution in [-0.4, -0.2) is 29.2 Å². The molecule has 0 amide bonds. The summed E-state index contributed by atoms with van der Waals surface area (Å²) < 4.78 is 33.0. The van der Waals surface area contributed by atoms with E-state index in [1.165, 1.54) is 23.9 Å². The van der Waals surface area contributed by atoms with E-state index in [4.69, 9.17) is 0 Å². The summed E-state index contributed by atoms with van der Waals surface area (Å²) >= 11 is 0. The lowest BCUT2D eigenvalue weighted by molar-refractivity contribution is 0.359. The van der Waals surface area contributed by atoms with E-state index < -0.39 is 11.6 Å². The Morgan fingerprint density at radius 1 is 1.33 bits per heavy atom. The van der Waals surface area contributed by atoms with Gasteiger partial charge in [0.25, 0.3) is 0 Å². The number of methoxy groups -OCH3 is 1. The predicted octanol–water partition coefficient (Wildman–Crippen LogP) is 1.65. The lowest BCUT2D eigenvalue weighted by Crippen LogP contribution is -2.03. The largest absolute Gasteiger partial charge is 0.491 e. The summed E-state index contributed by atoms with van der Waals surface area (Å²) in [4.78, 5) is 0. The summed E-state index contributed by atoms with van der Waals surface area (Å²) in [6.07, 6.45) is 1.64. The molecule has 0 aliphatic rings. The molecule has 2 rings (SSSR count). The van der Waals surface area contributed by atoms with Crippen molar-refractivity contribution in [3.8, 4) is 5.75 Å². The highest BCUT2D eigenvalue weighted by Gasteiger charge is 2.12. The number of nitrogens with zero attached hydrogens (tertiary/aromatic N) is 3. The molecule has 0 saturated carbocycles. The Morgan fingerprint density at radius 2 is 2.00 bits per heavy atom. The molecule has 0 aliphatic heterocycles. The van der Waals surface area contributed by atoms with Gasteiger partial charge in [0.1, 0.15) is 0 Å². The van der Waals surface area contributed by atoms with E-state index in [-0.39, 0.29) is 12.3 Å². The van der Waals surface area contributed by atoms with Gasteiger partial charge in [-0.25, -0.2) is 13.5 Å². The van der Waals surface area contributed by atoms with E-state index >= 15 is 0 Å². The second-order valence-corrected chi connectivity index (χ2v) is 3.64. The number of benzene rings is 1. The first kappa shape index (κ1) is 12.3. The van der Waals surface area contributed by atoms with E-state index in [1.54, 1.807) is 13.2 Å². The normalized spacial score (nSPS) is 10.4. The molecule has 0 spiro atoms. The first-order valence-corrected chi connectivity index (χ1v) is 5.24. The molecule has 18 heavy (non-hydrogen) atoms. The predicted molar refractivity (Wildman–Crippen MR) is 61.6 cm³/mol. The van der Waals surface area contributed by atoms with Crippen LogP contribution in [-0.2, 0) is 6.54 Å². The molecular formula is C11H12F2N4O. The van der Waals surface area contributed by atoms with Gasteiger partial charge in [0, 0.05) is 7.05 Å². The van der Waals surface area contributed by atoms with Crippen LogP contribution < -0.4 is 10.1 Å². The molecule has 96 valence electrons. The van der Waals surface area contributed by atoms with Crippen molar-refractivity contribution >= 4 is 5.82 Å². The van der Waals surface area contributed by atoms with Gasteiger partial charge in [0.05, 0.1) is 19.9 Å². The van der Waals surface area contributed by atoms with Crippen LogP contribution >= 0.6 is 0 Å². The smallest absolute Gasteiger partial charge is 0.190 e. The standard InChI is InChI=1S/C11H12F2N4O/c1-14-10-6-17(16-15-10)5-7-3-8(12)11(18-2)9(13)4-7/h3-4,6,14H,5H2,1-2H3. The maximum absolute atomic E-state index is 13.5. The SMILES string of the molecule is CNc1cn(Cc2cc(F)c(OC)c(F)c2)nn1. The Labute approximate surface area is 102 Å². The van der Waals surface area contributed by atoms with Crippen LogP contribution in [0.4, 0.5) is 14.6 Å². The molecule has 0 atom stereocenters. The lowest BCUT2D eigenvalue weighted by Gasteiger charge is -2.06. The Morgan fingerprint density at radius 3 is 2.50 bits per heavy atom. The quantitative estimate of drug-likeness (QED) is 0.901. The van der Waals surface area contributed by atoms with Gasteiger partial charge < -0.3 is 10.1 Å². The molecule has 1 heterocycles. The third-order valence-corrected chi connectivity index (χ3v) is 2.40. The van der Waals surface area contributed by atoms with Gasteiger partial charge in [-0.2, -0.15) is 0 Å². The lowest BCUT2D eigenvalue weighted by atomic mass is 10.2. The third kappa shape index (κ3) is 2.39. The number of anilines is 1. The monoisotopic (exact) mass is 254 g/mol. The molecule has 0 fully saturated rings. The second-order valence-electron chi connectivity index (χ2n) is 3.64. The summed E-state index contributed by atoms with van der Waals surface area (Å²) in [6, 6.07) is 2.42. The second kappa shape index (κ2) is 4.99. The minimum absolute atomic E-state index is 0.229. The number of ether oxygens (including phenoxy) is 1. The van der Waals surface area contributed by atoms with Crippen LogP contribution in [0.25, 0.3) is 0 Å². The zero-order valence-electron chi connectivity index (χ0n) is 9.94. The van der Waals surface area contributed by atoms with Crippen LogP contribution in [0.1, 0.15) is 5.56 Å². The van der Waals surface area contributed by atoms with Crippen molar-refractivity contribution in [3.05, 3.63) is 35.5 Å². The van der Waals surface area contributed by atoms with Crippen LogP contribution in [0, 0.1) is 11.6 Å². The van der Waals surface area contributed by atoms with E-state index in [0.29, 0.717) is 11.4 Å². The third-order valence-electron chi connectivity index (χ3n) is 2.40.